The lowest BCUT2D eigenvalue weighted by Gasteiger charge is -2.20. The molecule has 1 aromatic heterocycles. The van der Waals surface area contributed by atoms with Gasteiger partial charge < -0.3 is 9.64 Å². The van der Waals surface area contributed by atoms with Crippen LogP contribution in [0.2, 0.25) is 0 Å². The summed E-state index contributed by atoms with van der Waals surface area (Å²) in [5.74, 6) is 0.503. The van der Waals surface area contributed by atoms with Gasteiger partial charge >= 0.3 is 0 Å². The van der Waals surface area contributed by atoms with Crippen LogP contribution in [0, 0.1) is 11.3 Å². The second-order valence-electron chi connectivity index (χ2n) is 3.32. The van der Waals surface area contributed by atoms with Crippen molar-refractivity contribution in [2.75, 3.05) is 31.7 Å². The maximum absolute atomic E-state index is 10.5. The fraction of sp³-hybridized carbons (Fsp3) is 0.455. The van der Waals surface area contributed by atoms with Crippen molar-refractivity contribution in [2.24, 2.45) is 0 Å². The first-order valence-electron chi connectivity index (χ1n) is 5.20. The van der Waals surface area contributed by atoms with Crippen LogP contribution in [0.25, 0.3) is 0 Å². The molecule has 1 aromatic rings. The van der Waals surface area contributed by atoms with Gasteiger partial charge in [0.15, 0.2) is 6.29 Å². The first-order chi connectivity index (χ1) is 8.31. The number of aldehydes is 1. The molecule has 0 aliphatic rings. The summed E-state index contributed by atoms with van der Waals surface area (Å²) in [7, 11) is 1.61. The topological polar surface area (TPSA) is 79.1 Å². The van der Waals surface area contributed by atoms with Crippen LogP contribution in [-0.2, 0) is 4.74 Å². The highest BCUT2D eigenvalue weighted by Crippen LogP contribution is 2.06. The predicted octanol–water partition coefficient (Wildman–Crippen LogP) is 0.656. The summed E-state index contributed by atoms with van der Waals surface area (Å²) in [4.78, 5) is 20.5. The van der Waals surface area contributed by atoms with Gasteiger partial charge in [0.25, 0.3) is 0 Å². The lowest BCUT2D eigenvalue weighted by molar-refractivity contribution is 0.112. The van der Waals surface area contributed by atoms with Crippen molar-refractivity contribution in [1.82, 2.24) is 9.97 Å². The maximum atomic E-state index is 10.5. The molecular weight excluding hydrogens is 220 g/mol. The fourth-order valence-corrected chi connectivity index (χ4v) is 1.25. The second kappa shape index (κ2) is 7.30. The molecule has 1 rings (SSSR count). The molecule has 0 atom stereocenters. The van der Waals surface area contributed by atoms with Crippen LogP contribution in [0.3, 0.4) is 0 Å². The van der Waals surface area contributed by atoms with Gasteiger partial charge in [-0.15, -0.1) is 0 Å². The van der Waals surface area contributed by atoms with Crippen molar-refractivity contribution in [3.63, 3.8) is 0 Å². The summed E-state index contributed by atoms with van der Waals surface area (Å²) in [5.41, 5.74) is 0.431. The normalized spacial score (nSPS) is 9.65. The van der Waals surface area contributed by atoms with Crippen molar-refractivity contribution in [3.05, 3.63) is 18.0 Å². The number of hydrogen-bond acceptors (Lipinski definition) is 6. The molecule has 0 spiro atoms. The lowest BCUT2D eigenvalue weighted by atomic mass is 10.4. The van der Waals surface area contributed by atoms with Crippen LogP contribution in [0.4, 0.5) is 5.95 Å². The third-order valence-corrected chi connectivity index (χ3v) is 2.14. The summed E-state index contributed by atoms with van der Waals surface area (Å²) in [5, 5.41) is 8.57. The molecule has 0 amide bonds. The molecule has 0 saturated heterocycles. The van der Waals surface area contributed by atoms with E-state index in [1.165, 1.54) is 12.4 Å². The molecule has 0 bridgehead atoms. The van der Waals surface area contributed by atoms with Crippen LogP contribution in [0.15, 0.2) is 12.4 Å². The number of carbonyl (C=O) groups excluding carboxylic acids is 1. The molecule has 0 N–H and O–H groups in total. The smallest absolute Gasteiger partial charge is 0.225 e. The zero-order valence-corrected chi connectivity index (χ0v) is 9.67. The first kappa shape index (κ1) is 13.1. The van der Waals surface area contributed by atoms with E-state index < -0.39 is 0 Å². The highest BCUT2D eigenvalue weighted by atomic mass is 16.5. The van der Waals surface area contributed by atoms with E-state index in [-0.39, 0.29) is 0 Å². The molecule has 0 aliphatic carbocycles. The standard InChI is InChI=1S/C11H14N4O2/c1-17-6-5-15(4-2-3-12)11-13-7-10(9-16)8-14-11/h7-9H,2,4-6H2,1H3. The number of rotatable bonds is 7. The fourth-order valence-electron chi connectivity index (χ4n) is 1.25. The summed E-state index contributed by atoms with van der Waals surface area (Å²) in [6.07, 6.45) is 4.00. The van der Waals surface area contributed by atoms with E-state index in [4.69, 9.17) is 10.00 Å². The van der Waals surface area contributed by atoms with E-state index >= 15 is 0 Å². The minimum atomic E-state index is 0.391. The Bertz CT molecular complexity index is 385. The van der Waals surface area contributed by atoms with Gasteiger partial charge in [-0.05, 0) is 0 Å². The third-order valence-electron chi connectivity index (χ3n) is 2.14. The van der Waals surface area contributed by atoms with Crippen LogP contribution < -0.4 is 4.90 Å². The Morgan fingerprint density at radius 1 is 1.47 bits per heavy atom. The minimum Gasteiger partial charge on any atom is -0.383 e. The highest BCUT2D eigenvalue weighted by Gasteiger charge is 2.08. The zero-order valence-electron chi connectivity index (χ0n) is 9.67. The summed E-state index contributed by atoms with van der Waals surface area (Å²) < 4.78 is 4.98. The number of ether oxygens (including phenoxy) is 1. The number of nitrogens with zero attached hydrogens (tertiary/aromatic N) is 4. The quantitative estimate of drug-likeness (QED) is 0.645. The Hall–Kier alpha value is -2.00. The molecule has 0 aromatic carbocycles. The van der Waals surface area contributed by atoms with Gasteiger partial charge in [0.2, 0.25) is 5.95 Å². The molecular formula is C11H14N4O2. The van der Waals surface area contributed by atoms with Gasteiger partial charge in [-0.2, -0.15) is 5.26 Å². The van der Waals surface area contributed by atoms with Gasteiger partial charge in [-0.1, -0.05) is 0 Å². The molecule has 90 valence electrons. The molecule has 6 heteroatoms. The van der Waals surface area contributed by atoms with Crippen LogP contribution >= 0.6 is 0 Å². The number of methoxy groups -OCH3 is 1. The Morgan fingerprint density at radius 3 is 2.71 bits per heavy atom. The summed E-state index contributed by atoms with van der Waals surface area (Å²) in [6, 6.07) is 2.07. The van der Waals surface area contributed by atoms with E-state index in [1.54, 1.807) is 7.11 Å². The van der Waals surface area contributed by atoms with Crippen molar-refractivity contribution < 1.29 is 9.53 Å². The monoisotopic (exact) mass is 234 g/mol. The van der Waals surface area contributed by atoms with E-state index in [2.05, 4.69) is 16.0 Å². The van der Waals surface area contributed by atoms with Crippen LogP contribution in [-0.4, -0.2) is 43.1 Å². The third kappa shape index (κ3) is 4.17. The molecule has 0 saturated carbocycles. The molecule has 0 fully saturated rings. The second-order valence-corrected chi connectivity index (χ2v) is 3.32. The molecule has 1 heterocycles. The number of anilines is 1. The zero-order chi connectivity index (χ0) is 12.5. The average molecular weight is 234 g/mol. The first-order valence-corrected chi connectivity index (χ1v) is 5.20. The number of aromatic nitrogens is 2. The van der Waals surface area contributed by atoms with Gasteiger partial charge in [0.1, 0.15) is 0 Å². The molecule has 0 unspecified atom stereocenters. The molecule has 0 radical (unpaired) electrons. The van der Waals surface area contributed by atoms with Crippen LogP contribution in [0.1, 0.15) is 16.8 Å². The van der Waals surface area contributed by atoms with Crippen molar-refractivity contribution >= 4 is 12.2 Å². The average Bonchev–Trinajstić information content (AvgIpc) is 2.39. The lowest BCUT2D eigenvalue weighted by Crippen LogP contribution is -2.29. The van der Waals surface area contributed by atoms with E-state index in [0.29, 0.717) is 43.9 Å². The Labute approximate surface area is 99.9 Å². The SMILES string of the molecule is COCCN(CCC#N)c1ncc(C=O)cn1. The largest absolute Gasteiger partial charge is 0.383 e. The van der Waals surface area contributed by atoms with Gasteiger partial charge in [-0.25, -0.2) is 9.97 Å². The van der Waals surface area contributed by atoms with Gasteiger partial charge in [0, 0.05) is 32.6 Å². The minimum absolute atomic E-state index is 0.391. The van der Waals surface area contributed by atoms with Gasteiger partial charge in [0.05, 0.1) is 24.7 Å². The maximum Gasteiger partial charge on any atom is 0.225 e. The van der Waals surface area contributed by atoms with E-state index in [0.717, 1.165) is 0 Å². The van der Waals surface area contributed by atoms with E-state index in [1.807, 2.05) is 4.90 Å². The van der Waals surface area contributed by atoms with Gasteiger partial charge in [-0.3, -0.25) is 4.79 Å². The van der Waals surface area contributed by atoms with Crippen LogP contribution in [0.5, 0.6) is 0 Å². The highest BCUT2D eigenvalue weighted by molar-refractivity contribution is 5.73. The number of hydrogen-bond donors (Lipinski definition) is 0. The van der Waals surface area contributed by atoms with E-state index in [9.17, 15) is 4.79 Å². The number of carbonyl (C=O) groups is 1. The Kier molecular flexibility index (Phi) is 5.61. The van der Waals surface area contributed by atoms with Crippen molar-refractivity contribution in [2.45, 2.75) is 6.42 Å². The van der Waals surface area contributed by atoms with Crippen molar-refractivity contribution in [3.8, 4) is 6.07 Å². The Balaban J connectivity index is 2.72. The molecule has 6 nitrogen and oxygen atoms in total. The summed E-state index contributed by atoms with van der Waals surface area (Å²) in [6.45, 7) is 1.68. The van der Waals surface area contributed by atoms with Crippen molar-refractivity contribution in [1.29, 1.82) is 5.26 Å². The summed E-state index contributed by atoms with van der Waals surface area (Å²) >= 11 is 0. The Morgan fingerprint density at radius 2 is 2.18 bits per heavy atom. The molecule has 17 heavy (non-hydrogen) atoms. The number of nitriles is 1. The predicted molar refractivity (Wildman–Crippen MR) is 61.7 cm³/mol. The molecule has 0 aliphatic heterocycles.